The zero-order valence-electron chi connectivity index (χ0n) is 15.5. The van der Waals surface area contributed by atoms with Crippen molar-refractivity contribution in [3.63, 3.8) is 0 Å². The van der Waals surface area contributed by atoms with Crippen molar-refractivity contribution in [3.05, 3.63) is 65.5 Å². The SMILES string of the molecule is CCOc1ccc2oc(-c3csc(NC(=O)CCc4ccccc4)n3)cc2c1. The highest BCUT2D eigenvalue weighted by Gasteiger charge is 2.12. The van der Waals surface area contributed by atoms with E-state index < -0.39 is 0 Å². The van der Waals surface area contributed by atoms with Gasteiger partial charge in [0.1, 0.15) is 17.0 Å². The fourth-order valence-corrected chi connectivity index (χ4v) is 3.65. The van der Waals surface area contributed by atoms with Crippen LogP contribution in [0.2, 0.25) is 0 Å². The van der Waals surface area contributed by atoms with Gasteiger partial charge in [-0.2, -0.15) is 0 Å². The number of carbonyl (C=O) groups excluding carboxylic acids is 1. The molecule has 0 spiro atoms. The molecule has 1 N–H and O–H groups in total. The van der Waals surface area contributed by atoms with E-state index in [4.69, 9.17) is 9.15 Å². The zero-order valence-corrected chi connectivity index (χ0v) is 16.3. The number of amides is 1. The van der Waals surface area contributed by atoms with Crippen LogP contribution in [-0.2, 0) is 11.2 Å². The summed E-state index contributed by atoms with van der Waals surface area (Å²) >= 11 is 1.39. The highest BCUT2D eigenvalue weighted by atomic mass is 32.1. The first-order valence-corrected chi connectivity index (χ1v) is 10.1. The molecule has 0 saturated carbocycles. The van der Waals surface area contributed by atoms with Crippen LogP contribution in [0.1, 0.15) is 18.9 Å². The molecule has 28 heavy (non-hydrogen) atoms. The minimum absolute atomic E-state index is 0.0456. The fourth-order valence-electron chi connectivity index (χ4n) is 2.93. The number of hydrogen-bond acceptors (Lipinski definition) is 5. The van der Waals surface area contributed by atoms with Crippen LogP contribution in [0.5, 0.6) is 5.75 Å². The van der Waals surface area contributed by atoms with Gasteiger partial charge in [0.25, 0.3) is 0 Å². The number of ether oxygens (including phenoxy) is 1. The first kappa shape index (κ1) is 18.3. The molecule has 0 radical (unpaired) electrons. The quantitative estimate of drug-likeness (QED) is 0.449. The number of thiazole rings is 1. The maximum atomic E-state index is 12.2. The summed E-state index contributed by atoms with van der Waals surface area (Å²) in [6, 6.07) is 17.6. The van der Waals surface area contributed by atoms with E-state index in [1.807, 2.05) is 66.9 Å². The number of benzene rings is 2. The maximum Gasteiger partial charge on any atom is 0.226 e. The van der Waals surface area contributed by atoms with E-state index in [2.05, 4.69) is 10.3 Å². The third-order valence-corrected chi connectivity index (χ3v) is 5.04. The van der Waals surface area contributed by atoms with Crippen LogP contribution < -0.4 is 10.1 Å². The van der Waals surface area contributed by atoms with Crippen molar-refractivity contribution in [2.45, 2.75) is 19.8 Å². The summed E-state index contributed by atoms with van der Waals surface area (Å²) in [4.78, 5) is 16.7. The lowest BCUT2D eigenvalue weighted by Crippen LogP contribution is -2.12. The Morgan fingerprint density at radius 2 is 2.04 bits per heavy atom. The molecular formula is C22H20N2O3S. The topological polar surface area (TPSA) is 64.4 Å². The largest absolute Gasteiger partial charge is 0.494 e. The predicted octanol–water partition coefficient (Wildman–Crippen LogP) is 5.53. The third kappa shape index (κ3) is 4.23. The van der Waals surface area contributed by atoms with E-state index in [9.17, 15) is 4.79 Å². The van der Waals surface area contributed by atoms with Crippen molar-refractivity contribution in [2.75, 3.05) is 11.9 Å². The van der Waals surface area contributed by atoms with Crippen molar-refractivity contribution in [2.24, 2.45) is 0 Å². The standard InChI is InChI=1S/C22H20N2O3S/c1-2-26-17-9-10-19-16(12-17)13-20(27-19)18-14-28-22(23-18)24-21(25)11-8-15-6-4-3-5-7-15/h3-7,9-10,12-14H,2,8,11H2,1H3,(H,23,24,25). The monoisotopic (exact) mass is 392 g/mol. The van der Waals surface area contributed by atoms with E-state index in [1.54, 1.807) is 0 Å². The van der Waals surface area contributed by atoms with Gasteiger partial charge < -0.3 is 14.5 Å². The lowest BCUT2D eigenvalue weighted by atomic mass is 10.1. The number of anilines is 1. The number of hydrogen-bond donors (Lipinski definition) is 1. The van der Waals surface area contributed by atoms with Crippen LogP contribution in [0.4, 0.5) is 5.13 Å². The molecule has 2 heterocycles. The summed E-state index contributed by atoms with van der Waals surface area (Å²) in [6.45, 7) is 2.57. The number of nitrogens with one attached hydrogen (secondary N) is 1. The Bertz CT molecular complexity index is 1090. The second-order valence-corrected chi connectivity index (χ2v) is 7.17. The molecule has 6 heteroatoms. The molecular weight excluding hydrogens is 372 g/mol. The molecule has 0 aliphatic heterocycles. The summed E-state index contributed by atoms with van der Waals surface area (Å²) in [6.07, 6.45) is 1.13. The summed E-state index contributed by atoms with van der Waals surface area (Å²) in [5.74, 6) is 1.44. The van der Waals surface area contributed by atoms with Gasteiger partial charge in [-0.05, 0) is 43.2 Å². The molecule has 2 aromatic carbocycles. The minimum atomic E-state index is -0.0456. The highest BCUT2D eigenvalue weighted by molar-refractivity contribution is 7.14. The third-order valence-electron chi connectivity index (χ3n) is 4.29. The molecule has 0 aliphatic carbocycles. The van der Waals surface area contributed by atoms with Crippen molar-refractivity contribution in [3.8, 4) is 17.2 Å². The van der Waals surface area contributed by atoms with Gasteiger partial charge in [-0.1, -0.05) is 30.3 Å². The molecule has 0 fully saturated rings. The molecule has 142 valence electrons. The number of fused-ring (bicyclic) bond motifs is 1. The van der Waals surface area contributed by atoms with Gasteiger partial charge in [-0.25, -0.2) is 4.98 Å². The van der Waals surface area contributed by atoms with Gasteiger partial charge >= 0.3 is 0 Å². The zero-order chi connectivity index (χ0) is 19.3. The van der Waals surface area contributed by atoms with Crippen LogP contribution in [0.15, 0.2) is 64.4 Å². The van der Waals surface area contributed by atoms with Crippen molar-refractivity contribution < 1.29 is 13.9 Å². The molecule has 1 amide bonds. The van der Waals surface area contributed by atoms with Gasteiger partial charge in [0, 0.05) is 17.2 Å². The number of rotatable bonds is 7. The lowest BCUT2D eigenvalue weighted by molar-refractivity contribution is -0.116. The molecule has 0 saturated heterocycles. The van der Waals surface area contributed by atoms with Crippen LogP contribution in [-0.4, -0.2) is 17.5 Å². The van der Waals surface area contributed by atoms with Gasteiger partial charge in [0.2, 0.25) is 5.91 Å². The van der Waals surface area contributed by atoms with Crippen molar-refractivity contribution >= 4 is 33.3 Å². The molecule has 0 atom stereocenters. The number of carbonyl (C=O) groups is 1. The van der Waals surface area contributed by atoms with Crippen LogP contribution >= 0.6 is 11.3 Å². The second kappa shape index (κ2) is 8.27. The van der Waals surface area contributed by atoms with E-state index in [1.165, 1.54) is 11.3 Å². The van der Waals surface area contributed by atoms with Gasteiger partial charge in [0.15, 0.2) is 10.9 Å². The average Bonchev–Trinajstić information content (AvgIpc) is 3.34. The molecule has 0 unspecified atom stereocenters. The van der Waals surface area contributed by atoms with Crippen LogP contribution in [0.3, 0.4) is 0 Å². The Morgan fingerprint density at radius 1 is 1.18 bits per heavy atom. The fraction of sp³-hybridized carbons (Fsp3) is 0.182. The Balaban J connectivity index is 1.42. The first-order chi connectivity index (χ1) is 13.7. The number of aromatic nitrogens is 1. The van der Waals surface area contributed by atoms with E-state index >= 15 is 0 Å². The van der Waals surface area contributed by atoms with Crippen LogP contribution in [0, 0.1) is 0 Å². The summed E-state index contributed by atoms with van der Waals surface area (Å²) in [7, 11) is 0. The Labute approximate surface area is 167 Å². The summed E-state index contributed by atoms with van der Waals surface area (Å²) in [5, 5.41) is 6.28. The van der Waals surface area contributed by atoms with Crippen LogP contribution in [0.25, 0.3) is 22.4 Å². The highest BCUT2D eigenvalue weighted by Crippen LogP contribution is 2.32. The van der Waals surface area contributed by atoms with Crippen molar-refractivity contribution in [1.29, 1.82) is 0 Å². The molecule has 4 rings (SSSR count). The Morgan fingerprint density at radius 3 is 2.86 bits per heavy atom. The Hall–Kier alpha value is -3.12. The number of aryl methyl sites for hydroxylation is 1. The van der Waals surface area contributed by atoms with E-state index in [-0.39, 0.29) is 5.91 Å². The first-order valence-electron chi connectivity index (χ1n) is 9.17. The van der Waals surface area contributed by atoms with E-state index in [0.717, 1.165) is 22.3 Å². The lowest BCUT2D eigenvalue weighted by Gasteiger charge is -2.02. The smallest absolute Gasteiger partial charge is 0.226 e. The molecule has 0 bridgehead atoms. The Kier molecular flexibility index (Phi) is 5.39. The van der Waals surface area contributed by atoms with Crippen molar-refractivity contribution in [1.82, 2.24) is 4.98 Å². The number of nitrogens with zero attached hydrogens (tertiary/aromatic N) is 1. The van der Waals surface area contributed by atoms with Gasteiger partial charge in [-0.3, -0.25) is 4.79 Å². The average molecular weight is 392 g/mol. The minimum Gasteiger partial charge on any atom is -0.494 e. The predicted molar refractivity (Wildman–Crippen MR) is 112 cm³/mol. The molecule has 0 aliphatic rings. The van der Waals surface area contributed by atoms with E-state index in [0.29, 0.717) is 36.0 Å². The van der Waals surface area contributed by atoms with Gasteiger partial charge in [-0.15, -0.1) is 11.3 Å². The number of furan rings is 1. The van der Waals surface area contributed by atoms with Gasteiger partial charge in [0.05, 0.1) is 6.61 Å². The summed E-state index contributed by atoms with van der Waals surface area (Å²) < 4.78 is 11.4. The second-order valence-electron chi connectivity index (χ2n) is 6.31. The molecule has 4 aromatic rings. The summed E-state index contributed by atoms with van der Waals surface area (Å²) in [5.41, 5.74) is 2.63. The maximum absolute atomic E-state index is 12.2. The normalized spacial score (nSPS) is 10.9. The molecule has 2 aromatic heterocycles. The molecule has 5 nitrogen and oxygen atoms in total.